The summed E-state index contributed by atoms with van der Waals surface area (Å²) in [5.74, 6) is 0.488. The molecule has 0 spiro atoms. The molecular formula is C13H22O2. The summed E-state index contributed by atoms with van der Waals surface area (Å²) in [6, 6.07) is 0. The lowest BCUT2D eigenvalue weighted by molar-refractivity contribution is -0.154. The van der Waals surface area contributed by atoms with E-state index in [0.717, 1.165) is 25.2 Å². The highest BCUT2D eigenvalue weighted by Gasteiger charge is 2.37. The quantitative estimate of drug-likeness (QED) is 0.516. The van der Waals surface area contributed by atoms with E-state index in [1.165, 1.54) is 0 Å². The zero-order valence-electron chi connectivity index (χ0n) is 10.3. The van der Waals surface area contributed by atoms with E-state index in [0.29, 0.717) is 5.57 Å². The maximum atomic E-state index is 11.5. The van der Waals surface area contributed by atoms with Crippen LogP contribution < -0.4 is 0 Å². The summed E-state index contributed by atoms with van der Waals surface area (Å²) in [5.41, 5.74) is 0.590. The molecule has 0 N–H and O–H groups in total. The Morgan fingerprint density at radius 1 is 1.40 bits per heavy atom. The number of hydrogen-bond donors (Lipinski definition) is 0. The van der Waals surface area contributed by atoms with Crippen LogP contribution in [0.4, 0.5) is 0 Å². The predicted molar refractivity (Wildman–Crippen MR) is 61.5 cm³/mol. The summed E-state index contributed by atoms with van der Waals surface area (Å²) in [7, 11) is 0. The van der Waals surface area contributed by atoms with Crippen LogP contribution in [0.15, 0.2) is 12.2 Å². The maximum absolute atomic E-state index is 11.5. The number of hydrogen-bond acceptors (Lipinski definition) is 2. The van der Waals surface area contributed by atoms with E-state index >= 15 is 0 Å². The largest absolute Gasteiger partial charge is 0.458 e. The van der Waals surface area contributed by atoms with Crippen molar-refractivity contribution in [1.82, 2.24) is 0 Å². The summed E-state index contributed by atoms with van der Waals surface area (Å²) in [6.45, 7) is 11.9. The molecule has 86 valence electrons. The molecule has 2 heteroatoms. The summed E-state index contributed by atoms with van der Waals surface area (Å²) >= 11 is 0. The third-order valence-corrected chi connectivity index (χ3v) is 3.27. The van der Waals surface area contributed by atoms with E-state index in [1.807, 2.05) is 0 Å². The smallest absolute Gasteiger partial charge is 0.333 e. The van der Waals surface area contributed by atoms with Crippen molar-refractivity contribution in [3.8, 4) is 0 Å². The lowest BCUT2D eigenvalue weighted by Gasteiger charge is -2.40. The van der Waals surface area contributed by atoms with Gasteiger partial charge < -0.3 is 4.74 Å². The van der Waals surface area contributed by atoms with E-state index < -0.39 is 0 Å². The van der Waals surface area contributed by atoms with Crippen LogP contribution >= 0.6 is 0 Å². The summed E-state index contributed by atoms with van der Waals surface area (Å²) < 4.78 is 5.48. The molecule has 0 aliphatic heterocycles. The Kier molecular flexibility index (Phi) is 3.58. The van der Waals surface area contributed by atoms with Crippen molar-refractivity contribution in [3.63, 3.8) is 0 Å². The number of esters is 1. The topological polar surface area (TPSA) is 26.3 Å². The first-order valence-electron chi connectivity index (χ1n) is 5.69. The normalized spacial score (nSPS) is 29.6. The van der Waals surface area contributed by atoms with Crippen molar-refractivity contribution in [3.05, 3.63) is 12.2 Å². The van der Waals surface area contributed by atoms with E-state index in [4.69, 9.17) is 4.74 Å². The van der Waals surface area contributed by atoms with Gasteiger partial charge in [-0.15, -0.1) is 0 Å². The molecule has 2 unspecified atom stereocenters. The molecule has 2 atom stereocenters. The lowest BCUT2D eigenvalue weighted by atomic mass is 9.70. The molecule has 0 radical (unpaired) electrons. The molecule has 1 aliphatic rings. The minimum absolute atomic E-state index is 0.0536. The average molecular weight is 210 g/mol. The molecule has 15 heavy (non-hydrogen) atoms. The van der Waals surface area contributed by atoms with Crippen LogP contribution in [0.2, 0.25) is 0 Å². The Balaban J connectivity index is 2.62. The second-order valence-electron chi connectivity index (χ2n) is 5.55. The number of carbonyl (C=O) groups is 1. The molecule has 2 nitrogen and oxygen atoms in total. The summed E-state index contributed by atoms with van der Waals surface area (Å²) in [6.07, 6.45) is 3.31. The van der Waals surface area contributed by atoms with Crippen molar-refractivity contribution in [2.24, 2.45) is 11.3 Å². The number of rotatable bonds is 2. The summed E-state index contributed by atoms with van der Waals surface area (Å²) in [4.78, 5) is 11.5. The summed E-state index contributed by atoms with van der Waals surface area (Å²) in [5, 5.41) is 0. The Labute approximate surface area is 92.7 Å². The Morgan fingerprint density at radius 3 is 2.47 bits per heavy atom. The van der Waals surface area contributed by atoms with Crippen molar-refractivity contribution in [2.45, 2.75) is 53.1 Å². The van der Waals surface area contributed by atoms with Gasteiger partial charge in [0.25, 0.3) is 0 Å². The second kappa shape index (κ2) is 4.38. The van der Waals surface area contributed by atoms with Crippen LogP contribution in [0, 0.1) is 11.3 Å². The van der Waals surface area contributed by atoms with Crippen LogP contribution in [0.25, 0.3) is 0 Å². The van der Waals surface area contributed by atoms with Gasteiger partial charge in [-0.2, -0.15) is 0 Å². The number of ether oxygens (including phenoxy) is 1. The molecule has 0 aromatic heterocycles. The van der Waals surface area contributed by atoms with Crippen LogP contribution in [-0.4, -0.2) is 12.1 Å². The highest BCUT2D eigenvalue weighted by atomic mass is 16.5. The second-order valence-corrected chi connectivity index (χ2v) is 5.55. The fourth-order valence-electron chi connectivity index (χ4n) is 2.41. The zero-order valence-corrected chi connectivity index (χ0v) is 10.3. The first-order chi connectivity index (χ1) is 6.83. The van der Waals surface area contributed by atoms with Crippen LogP contribution in [0.3, 0.4) is 0 Å². The van der Waals surface area contributed by atoms with Gasteiger partial charge in [0.1, 0.15) is 6.10 Å². The molecule has 0 aromatic rings. The maximum Gasteiger partial charge on any atom is 0.333 e. The molecule has 1 rings (SSSR count). The lowest BCUT2D eigenvalue weighted by Crippen LogP contribution is -2.39. The Bertz CT molecular complexity index is 266. The van der Waals surface area contributed by atoms with E-state index in [1.54, 1.807) is 6.92 Å². The molecule has 0 amide bonds. The van der Waals surface area contributed by atoms with Crippen molar-refractivity contribution in [2.75, 3.05) is 0 Å². The minimum Gasteiger partial charge on any atom is -0.458 e. The standard InChI is InChI=1S/C13H22O2/c1-9(2)12(14)15-11-7-6-10(3)8-13(11,4)5/h10-11H,1,6-8H2,2-5H3. The van der Waals surface area contributed by atoms with Crippen LogP contribution in [0.5, 0.6) is 0 Å². The highest BCUT2D eigenvalue weighted by molar-refractivity contribution is 5.87. The number of carbonyl (C=O) groups excluding carboxylic acids is 1. The van der Waals surface area contributed by atoms with Crippen molar-refractivity contribution < 1.29 is 9.53 Å². The van der Waals surface area contributed by atoms with Gasteiger partial charge in [-0.05, 0) is 32.1 Å². The van der Waals surface area contributed by atoms with Crippen molar-refractivity contribution in [1.29, 1.82) is 0 Å². The van der Waals surface area contributed by atoms with Crippen LogP contribution in [-0.2, 0) is 9.53 Å². The van der Waals surface area contributed by atoms with Gasteiger partial charge in [-0.1, -0.05) is 27.4 Å². The molecule has 1 fully saturated rings. The predicted octanol–water partition coefficient (Wildman–Crippen LogP) is 3.32. The zero-order chi connectivity index (χ0) is 11.6. The van der Waals surface area contributed by atoms with Gasteiger partial charge in [0.2, 0.25) is 0 Å². The Hall–Kier alpha value is -0.790. The third-order valence-electron chi connectivity index (χ3n) is 3.27. The Morgan fingerprint density at radius 2 is 2.00 bits per heavy atom. The van der Waals surface area contributed by atoms with Gasteiger partial charge >= 0.3 is 5.97 Å². The molecule has 0 saturated heterocycles. The fraction of sp³-hybridized carbons (Fsp3) is 0.769. The van der Waals surface area contributed by atoms with E-state index in [2.05, 4.69) is 27.4 Å². The highest BCUT2D eigenvalue weighted by Crippen LogP contribution is 2.40. The van der Waals surface area contributed by atoms with Gasteiger partial charge in [-0.25, -0.2) is 4.79 Å². The van der Waals surface area contributed by atoms with E-state index in [-0.39, 0.29) is 17.5 Å². The molecule has 0 heterocycles. The third kappa shape index (κ3) is 3.08. The van der Waals surface area contributed by atoms with Gasteiger partial charge in [-0.3, -0.25) is 0 Å². The molecule has 0 aromatic carbocycles. The fourth-order valence-corrected chi connectivity index (χ4v) is 2.41. The van der Waals surface area contributed by atoms with Crippen LogP contribution in [0.1, 0.15) is 47.0 Å². The first-order valence-corrected chi connectivity index (χ1v) is 5.69. The molecule has 1 aliphatic carbocycles. The first kappa shape index (κ1) is 12.3. The van der Waals surface area contributed by atoms with E-state index in [9.17, 15) is 4.79 Å². The SMILES string of the molecule is C=C(C)C(=O)OC1CCC(C)CC1(C)C. The van der Waals surface area contributed by atoms with Crippen molar-refractivity contribution >= 4 is 5.97 Å². The van der Waals surface area contributed by atoms with Gasteiger partial charge in [0, 0.05) is 11.0 Å². The molecule has 0 bridgehead atoms. The monoisotopic (exact) mass is 210 g/mol. The van der Waals surface area contributed by atoms with Gasteiger partial charge in [0.15, 0.2) is 0 Å². The molecular weight excluding hydrogens is 188 g/mol. The molecule has 1 saturated carbocycles. The average Bonchev–Trinajstić information content (AvgIpc) is 2.08. The van der Waals surface area contributed by atoms with Gasteiger partial charge in [0.05, 0.1) is 0 Å². The minimum atomic E-state index is -0.248.